The molecule has 0 aromatic heterocycles. The molecule has 0 fully saturated rings. The highest BCUT2D eigenvalue weighted by molar-refractivity contribution is 5.76. The van der Waals surface area contributed by atoms with E-state index in [2.05, 4.69) is 55.6 Å². The van der Waals surface area contributed by atoms with E-state index in [0.717, 1.165) is 51.4 Å². The summed E-state index contributed by atoms with van der Waals surface area (Å²) in [7, 11) is 0. The second-order valence-electron chi connectivity index (χ2n) is 23.9. The quantitative estimate of drug-likeness (QED) is 0.0320. The predicted molar refractivity (Wildman–Crippen MR) is 342 cm³/mol. The summed E-state index contributed by atoms with van der Waals surface area (Å²) in [6.07, 6.45) is 87.7. The fourth-order valence-electron chi connectivity index (χ4n) is 10.7. The van der Waals surface area contributed by atoms with Gasteiger partial charge in [-0.05, 0) is 83.5 Å². The van der Waals surface area contributed by atoms with Crippen LogP contribution in [0.5, 0.6) is 0 Å². The van der Waals surface area contributed by atoms with Crippen LogP contribution in [0.1, 0.15) is 373 Å². The van der Waals surface area contributed by atoms with Crippen LogP contribution in [0.2, 0.25) is 0 Å². The highest BCUT2D eigenvalue weighted by Gasteiger charge is 2.18. The van der Waals surface area contributed by atoms with Crippen molar-refractivity contribution in [3.8, 4) is 0 Å². The van der Waals surface area contributed by atoms with Crippen molar-refractivity contribution in [1.29, 1.82) is 0 Å². The number of ether oxygens (including phenoxy) is 1. The number of rotatable bonds is 65. The van der Waals surface area contributed by atoms with Gasteiger partial charge in [-0.25, -0.2) is 0 Å². The van der Waals surface area contributed by atoms with Gasteiger partial charge in [0, 0.05) is 12.8 Å². The Morgan fingerprint density at radius 3 is 1.04 bits per heavy atom. The summed E-state index contributed by atoms with van der Waals surface area (Å²) in [6.45, 7) is 4.85. The van der Waals surface area contributed by atoms with Crippen molar-refractivity contribution in [2.45, 2.75) is 386 Å². The Morgan fingerprint density at radius 1 is 0.359 bits per heavy atom. The lowest BCUT2D eigenvalue weighted by Crippen LogP contribution is -2.45. The van der Waals surface area contributed by atoms with E-state index >= 15 is 0 Å². The minimum absolute atomic E-state index is 0.00445. The number of carbonyl (C=O) groups is 2. The van der Waals surface area contributed by atoms with E-state index in [1.54, 1.807) is 6.08 Å². The zero-order valence-electron chi connectivity index (χ0n) is 52.4. The largest absolute Gasteiger partial charge is 0.466 e. The van der Waals surface area contributed by atoms with Crippen LogP contribution in [0.15, 0.2) is 48.6 Å². The minimum atomic E-state index is -0.841. The second-order valence-corrected chi connectivity index (χ2v) is 23.9. The van der Waals surface area contributed by atoms with Crippen molar-refractivity contribution >= 4 is 11.9 Å². The van der Waals surface area contributed by atoms with Gasteiger partial charge in [0.15, 0.2) is 0 Å². The molecule has 3 N–H and O–H groups in total. The van der Waals surface area contributed by atoms with E-state index in [9.17, 15) is 19.8 Å². The molecular weight excluding hydrogens is 959 g/mol. The summed E-state index contributed by atoms with van der Waals surface area (Å²) in [6, 6.07) is -0.625. The first-order chi connectivity index (χ1) is 38.5. The van der Waals surface area contributed by atoms with Crippen LogP contribution < -0.4 is 5.32 Å². The lowest BCUT2D eigenvalue weighted by atomic mass is 10.0. The highest BCUT2D eigenvalue weighted by Crippen LogP contribution is 2.18. The lowest BCUT2D eigenvalue weighted by molar-refractivity contribution is -0.143. The summed E-state index contributed by atoms with van der Waals surface area (Å²) in [5.74, 6) is -0.0591. The molecule has 0 aromatic carbocycles. The molecule has 0 spiro atoms. The summed E-state index contributed by atoms with van der Waals surface area (Å²) in [5, 5.41) is 23.1. The Balaban J connectivity index is 3.35. The van der Waals surface area contributed by atoms with Gasteiger partial charge in [0.05, 0.1) is 25.4 Å². The van der Waals surface area contributed by atoms with E-state index in [1.165, 1.54) is 295 Å². The predicted octanol–water partition coefficient (Wildman–Crippen LogP) is 22.5. The molecule has 0 rings (SSSR count). The molecule has 6 nitrogen and oxygen atoms in total. The molecule has 0 bridgehead atoms. The molecular formula is C72H135NO5. The number of esters is 1. The van der Waals surface area contributed by atoms with Gasteiger partial charge in [0.2, 0.25) is 5.91 Å². The molecule has 0 aromatic rings. The molecule has 6 heteroatoms. The number of unbranched alkanes of at least 4 members (excludes halogenated alkanes) is 48. The van der Waals surface area contributed by atoms with Crippen LogP contribution in [0, 0.1) is 0 Å². The molecule has 0 saturated heterocycles. The zero-order valence-corrected chi connectivity index (χ0v) is 52.4. The van der Waals surface area contributed by atoms with Gasteiger partial charge in [-0.1, -0.05) is 326 Å². The molecule has 1 amide bonds. The molecule has 0 aliphatic carbocycles. The Kier molecular flexibility index (Phi) is 65.4. The summed E-state index contributed by atoms with van der Waals surface area (Å²) in [4.78, 5) is 24.5. The third-order valence-corrected chi connectivity index (χ3v) is 16.0. The summed E-state index contributed by atoms with van der Waals surface area (Å²) >= 11 is 0. The first-order valence-corrected chi connectivity index (χ1v) is 34.9. The Morgan fingerprint density at radius 2 is 0.667 bits per heavy atom. The van der Waals surface area contributed by atoms with E-state index < -0.39 is 12.1 Å². The number of hydrogen-bond donors (Lipinski definition) is 3. The van der Waals surface area contributed by atoms with Gasteiger partial charge in [-0.2, -0.15) is 0 Å². The van der Waals surface area contributed by atoms with Crippen LogP contribution in [0.25, 0.3) is 0 Å². The highest BCUT2D eigenvalue weighted by atomic mass is 16.5. The molecule has 0 aliphatic rings. The van der Waals surface area contributed by atoms with E-state index in [0.29, 0.717) is 19.4 Å². The van der Waals surface area contributed by atoms with E-state index in [4.69, 9.17) is 4.74 Å². The molecule has 2 unspecified atom stereocenters. The number of hydrogen-bond acceptors (Lipinski definition) is 5. The standard InChI is InChI=1S/C72H135NO5/c1-3-5-7-9-11-13-15-40-44-48-52-56-60-64-70(75)69(68-74)73-71(76)65-61-57-53-49-45-42-38-36-34-32-30-28-26-24-22-20-18-17-19-21-23-25-27-29-31-33-35-37-39-43-47-51-55-59-63-67-78-72(77)66-62-58-54-50-46-41-16-14-12-10-8-6-4-2/h8,10,14,16,19,21,60,64,69-70,74-75H,3-7,9,11-13,15,17-18,20,22-59,61-63,65-68H2,1-2H3,(H,73,76)/b10-8-,16-14-,21-19-,64-60+. The topological polar surface area (TPSA) is 95.9 Å². The van der Waals surface area contributed by atoms with Gasteiger partial charge in [-0.3, -0.25) is 9.59 Å². The van der Waals surface area contributed by atoms with Gasteiger partial charge in [0.25, 0.3) is 0 Å². The summed E-state index contributed by atoms with van der Waals surface area (Å²) < 4.78 is 5.48. The van der Waals surface area contributed by atoms with Crippen molar-refractivity contribution in [1.82, 2.24) is 5.32 Å². The van der Waals surface area contributed by atoms with E-state index in [1.807, 2.05) is 6.08 Å². The second kappa shape index (κ2) is 67.3. The van der Waals surface area contributed by atoms with Crippen LogP contribution in [0.4, 0.5) is 0 Å². The van der Waals surface area contributed by atoms with Gasteiger partial charge in [0.1, 0.15) is 0 Å². The monoisotopic (exact) mass is 1090 g/mol. The molecule has 78 heavy (non-hydrogen) atoms. The molecule has 0 aliphatic heterocycles. The van der Waals surface area contributed by atoms with E-state index in [-0.39, 0.29) is 18.5 Å². The molecule has 0 radical (unpaired) electrons. The first-order valence-electron chi connectivity index (χ1n) is 34.9. The number of amides is 1. The fourth-order valence-corrected chi connectivity index (χ4v) is 10.7. The van der Waals surface area contributed by atoms with Gasteiger partial charge in [-0.15, -0.1) is 0 Å². The third-order valence-electron chi connectivity index (χ3n) is 16.0. The van der Waals surface area contributed by atoms with Crippen molar-refractivity contribution in [2.24, 2.45) is 0 Å². The third kappa shape index (κ3) is 63.0. The maximum Gasteiger partial charge on any atom is 0.305 e. The molecule has 0 saturated carbocycles. The maximum atomic E-state index is 12.5. The SMILES string of the molecule is CCC/C=C\C/C=C\CCCCCCCC(=O)OCCCCCCCCCCCCCCCC/C=C\CCCCCCCCCCCCCCCCCCCC(=O)NC(CO)C(O)/C=C/CCCCCCCCCCCCC. The number of aliphatic hydroxyl groups is 2. The van der Waals surface area contributed by atoms with Crippen LogP contribution in [0.3, 0.4) is 0 Å². The Labute approximate surface area is 486 Å². The van der Waals surface area contributed by atoms with Crippen molar-refractivity contribution in [3.05, 3.63) is 48.6 Å². The van der Waals surface area contributed by atoms with Crippen LogP contribution in [-0.4, -0.2) is 47.4 Å². The summed E-state index contributed by atoms with van der Waals surface area (Å²) in [5.41, 5.74) is 0. The number of allylic oxidation sites excluding steroid dienone is 7. The van der Waals surface area contributed by atoms with Crippen LogP contribution >= 0.6 is 0 Å². The average Bonchev–Trinajstić information content (AvgIpc) is 3.44. The fraction of sp³-hybridized carbons (Fsp3) is 0.861. The minimum Gasteiger partial charge on any atom is -0.466 e. The van der Waals surface area contributed by atoms with Crippen molar-refractivity contribution in [3.63, 3.8) is 0 Å². The average molecular weight is 1090 g/mol. The number of aliphatic hydroxyl groups excluding tert-OH is 2. The maximum absolute atomic E-state index is 12.5. The molecule has 0 heterocycles. The van der Waals surface area contributed by atoms with Crippen molar-refractivity contribution < 1.29 is 24.5 Å². The van der Waals surface area contributed by atoms with Gasteiger partial charge < -0.3 is 20.3 Å². The number of carbonyl (C=O) groups excluding carboxylic acids is 2. The lowest BCUT2D eigenvalue weighted by Gasteiger charge is -2.20. The van der Waals surface area contributed by atoms with Crippen molar-refractivity contribution in [2.75, 3.05) is 13.2 Å². The zero-order chi connectivity index (χ0) is 56.4. The first kappa shape index (κ1) is 75.8. The van der Waals surface area contributed by atoms with Gasteiger partial charge >= 0.3 is 5.97 Å². The molecule has 2 atom stereocenters. The Hall–Kier alpha value is -2.18. The van der Waals surface area contributed by atoms with Crippen LogP contribution in [-0.2, 0) is 14.3 Å². The molecule has 458 valence electrons. The number of nitrogens with one attached hydrogen (secondary N) is 1. The Bertz CT molecular complexity index is 1310. The smallest absolute Gasteiger partial charge is 0.305 e. The normalized spacial score (nSPS) is 12.8.